The first kappa shape index (κ1) is 13.7. The Labute approximate surface area is 101 Å². The number of ether oxygens (including phenoxy) is 2. The Balaban J connectivity index is 2.04. The van der Waals surface area contributed by atoms with Crippen LogP contribution in [0.3, 0.4) is 0 Å². The summed E-state index contributed by atoms with van der Waals surface area (Å²) in [5, 5.41) is 6.97. The minimum atomic E-state index is -0.114. The second-order valence-corrected chi connectivity index (χ2v) is 3.63. The molecule has 17 heavy (non-hydrogen) atoms. The SMILES string of the molecule is COCCOCC(=O)NCCc1ccn(C)n1. The van der Waals surface area contributed by atoms with Crippen LogP contribution in [0.1, 0.15) is 5.69 Å². The van der Waals surface area contributed by atoms with Crippen LogP contribution < -0.4 is 5.32 Å². The summed E-state index contributed by atoms with van der Waals surface area (Å²) in [4.78, 5) is 11.3. The number of rotatable bonds is 8. The van der Waals surface area contributed by atoms with Crippen molar-refractivity contribution < 1.29 is 14.3 Å². The molecular weight excluding hydrogens is 222 g/mol. The van der Waals surface area contributed by atoms with Gasteiger partial charge in [-0.15, -0.1) is 0 Å². The first-order chi connectivity index (χ1) is 8.22. The number of methoxy groups -OCH3 is 1. The topological polar surface area (TPSA) is 65.4 Å². The summed E-state index contributed by atoms with van der Waals surface area (Å²) in [5.41, 5.74) is 0.966. The lowest BCUT2D eigenvalue weighted by Gasteiger charge is -2.05. The van der Waals surface area contributed by atoms with Gasteiger partial charge in [0.25, 0.3) is 0 Å². The minimum absolute atomic E-state index is 0.0750. The number of hydrogen-bond donors (Lipinski definition) is 1. The summed E-state index contributed by atoms with van der Waals surface area (Å²) in [6, 6.07) is 1.93. The van der Waals surface area contributed by atoms with E-state index in [1.807, 2.05) is 19.3 Å². The standard InChI is InChI=1S/C11H19N3O3/c1-14-6-4-10(13-14)3-5-12-11(15)9-17-8-7-16-2/h4,6H,3,5,7-9H2,1-2H3,(H,12,15). The lowest BCUT2D eigenvalue weighted by Crippen LogP contribution is -2.30. The van der Waals surface area contributed by atoms with Gasteiger partial charge < -0.3 is 14.8 Å². The Hall–Kier alpha value is -1.40. The van der Waals surface area contributed by atoms with Gasteiger partial charge in [-0.2, -0.15) is 5.10 Å². The number of nitrogens with one attached hydrogen (secondary N) is 1. The minimum Gasteiger partial charge on any atom is -0.382 e. The van der Waals surface area contributed by atoms with Gasteiger partial charge in [-0.05, 0) is 6.07 Å². The van der Waals surface area contributed by atoms with Crippen LogP contribution in [-0.2, 0) is 27.7 Å². The van der Waals surface area contributed by atoms with Crippen LogP contribution in [0.2, 0.25) is 0 Å². The van der Waals surface area contributed by atoms with E-state index in [9.17, 15) is 4.79 Å². The van der Waals surface area contributed by atoms with E-state index in [0.717, 1.165) is 12.1 Å². The number of hydrogen-bond acceptors (Lipinski definition) is 4. The van der Waals surface area contributed by atoms with E-state index in [-0.39, 0.29) is 12.5 Å². The van der Waals surface area contributed by atoms with Gasteiger partial charge >= 0.3 is 0 Å². The first-order valence-electron chi connectivity index (χ1n) is 5.54. The molecule has 1 rings (SSSR count). The van der Waals surface area contributed by atoms with Crippen molar-refractivity contribution >= 4 is 5.91 Å². The molecule has 1 heterocycles. The maximum atomic E-state index is 11.3. The van der Waals surface area contributed by atoms with Crippen LogP contribution in [0.5, 0.6) is 0 Å². The molecular formula is C11H19N3O3. The molecule has 0 atom stereocenters. The monoisotopic (exact) mass is 241 g/mol. The highest BCUT2D eigenvalue weighted by atomic mass is 16.5. The average Bonchev–Trinajstić information content (AvgIpc) is 2.71. The van der Waals surface area contributed by atoms with Crippen LogP contribution in [0.4, 0.5) is 0 Å². The molecule has 0 aliphatic heterocycles. The van der Waals surface area contributed by atoms with Crippen molar-refractivity contribution in [1.82, 2.24) is 15.1 Å². The number of aryl methyl sites for hydroxylation is 1. The summed E-state index contributed by atoms with van der Waals surface area (Å²) < 4.78 is 11.6. The predicted molar refractivity (Wildman–Crippen MR) is 62.6 cm³/mol. The van der Waals surface area contributed by atoms with Crippen LogP contribution in [-0.4, -0.2) is 49.2 Å². The van der Waals surface area contributed by atoms with E-state index in [2.05, 4.69) is 10.4 Å². The van der Waals surface area contributed by atoms with E-state index in [4.69, 9.17) is 9.47 Å². The maximum absolute atomic E-state index is 11.3. The zero-order valence-electron chi connectivity index (χ0n) is 10.3. The van der Waals surface area contributed by atoms with Crippen molar-refractivity contribution in [1.29, 1.82) is 0 Å². The van der Waals surface area contributed by atoms with E-state index in [1.54, 1.807) is 11.8 Å². The summed E-state index contributed by atoms with van der Waals surface area (Å²) >= 11 is 0. The fourth-order valence-corrected chi connectivity index (χ4v) is 1.28. The zero-order chi connectivity index (χ0) is 12.5. The number of carbonyl (C=O) groups excluding carboxylic acids is 1. The number of nitrogens with zero attached hydrogens (tertiary/aromatic N) is 2. The van der Waals surface area contributed by atoms with Gasteiger partial charge in [0.15, 0.2) is 0 Å². The molecule has 0 unspecified atom stereocenters. The zero-order valence-corrected chi connectivity index (χ0v) is 10.3. The Kier molecular flexibility index (Phi) is 6.27. The molecule has 0 aliphatic carbocycles. The number of aromatic nitrogens is 2. The molecule has 1 amide bonds. The summed E-state index contributed by atoms with van der Waals surface area (Å²) in [5.74, 6) is -0.114. The molecule has 6 nitrogen and oxygen atoms in total. The highest BCUT2D eigenvalue weighted by Gasteiger charge is 2.01. The molecule has 0 spiro atoms. The van der Waals surface area contributed by atoms with Crippen molar-refractivity contribution in [3.63, 3.8) is 0 Å². The largest absolute Gasteiger partial charge is 0.382 e. The third-order valence-corrected chi connectivity index (χ3v) is 2.14. The van der Waals surface area contributed by atoms with Crippen molar-refractivity contribution in [2.75, 3.05) is 33.5 Å². The molecule has 96 valence electrons. The van der Waals surface area contributed by atoms with Gasteiger partial charge in [-0.3, -0.25) is 9.48 Å². The first-order valence-corrected chi connectivity index (χ1v) is 5.54. The van der Waals surface area contributed by atoms with Crippen LogP contribution in [0.25, 0.3) is 0 Å². The summed E-state index contributed by atoms with van der Waals surface area (Å²) in [6.45, 7) is 1.58. The second kappa shape index (κ2) is 7.81. The Bertz CT molecular complexity index is 338. The maximum Gasteiger partial charge on any atom is 0.246 e. The van der Waals surface area contributed by atoms with E-state index in [1.165, 1.54) is 0 Å². The van der Waals surface area contributed by atoms with Crippen molar-refractivity contribution in [2.45, 2.75) is 6.42 Å². The lowest BCUT2D eigenvalue weighted by atomic mass is 10.3. The smallest absolute Gasteiger partial charge is 0.246 e. The van der Waals surface area contributed by atoms with Gasteiger partial charge in [0.2, 0.25) is 5.91 Å². The Morgan fingerprint density at radius 1 is 1.53 bits per heavy atom. The fraction of sp³-hybridized carbons (Fsp3) is 0.636. The van der Waals surface area contributed by atoms with Crippen LogP contribution in [0.15, 0.2) is 12.3 Å². The van der Waals surface area contributed by atoms with Gasteiger partial charge in [0.05, 0.1) is 18.9 Å². The van der Waals surface area contributed by atoms with E-state index >= 15 is 0 Å². The fourth-order valence-electron chi connectivity index (χ4n) is 1.28. The molecule has 0 radical (unpaired) electrons. The van der Waals surface area contributed by atoms with Gasteiger partial charge in [-0.1, -0.05) is 0 Å². The van der Waals surface area contributed by atoms with E-state index < -0.39 is 0 Å². The highest BCUT2D eigenvalue weighted by Crippen LogP contribution is 1.93. The number of carbonyl (C=O) groups is 1. The van der Waals surface area contributed by atoms with Gasteiger partial charge in [0, 0.05) is 33.3 Å². The molecule has 0 fully saturated rings. The molecule has 1 aromatic rings. The van der Waals surface area contributed by atoms with Crippen molar-refractivity contribution in [3.05, 3.63) is 18.0 Å². The van der Waals surface area contributed by atoms with Gasteiger partial charge in [0.1, 0.15) is 6.61 Å². The third-order valence-electron chi connectivity index (χ3n) is 2.14. The quantitative estimate of drug-likeness (QED) is 0.637. The third kappa shape index (κ3) is 6.03. The van der Waals surface area contributed by atoms with E-state index in [0.29, 0.717) is 19.8 Å². The second-order valence-electron chi connectivity index (χ2n) is 3.63. The molecule has 0 aromatic carbocycles. The Morgan fingerprint density at radius 3 is 3.00 bits per heavy atom. The van der Waals surface area contributed by atoms with Crippen molar-refractivity contribution in [3.8, 4) is 0 Å². The average molecular weight is 241 g/mol. The summed E-state index contributed by atoms with van der Waals surface area (Å²) in [7, 11) is 3.46. The molecule has 6 heteroatoms. The van der Waals surface area contributed by atoms with Crippen LogP contribution in [0, 0.1) is 0 Å². The lowest BCUT2D eigenvalue weighted by molar-refractivity contribution is -0.126. The van der Waals surface area contributed by atoms with Crippen LogP contribution >= 0.6 is 0 Å². The predicted octanol–water partition coefficient (Wildman–Crippen LogP) is -0.258. The normalized spacial score (nSPS) is 10.5. The molecule has 0 aliphatic rings. The number of amides is 1. The molecule has 0 saturated heterocycles. The van der Waals surface area contributed by atoms with Gasteiger partial charge in [-0.25, -0.2) is 0 Å². The van der Waals surface area contributed by atoms with Crippen molar-refractivity contribution in [2.24, 2.45) is 7.05 Å². The molecule has 1 N–H and O–H groups in total. The molecule has 1 aromatic heterocycles. The summed E-state index contributed by atoms with van der Waals surface area (Å²) in [6.07, 6.45) is 2.61. The molecule has 0 saturated carbocycles. The Morgan fingerprint density at radius 2 is 2.35 bits per heavy atom. The molecule has 0 bridgehead atoms. The highest BCUT2D eigenvalue weighted by molar-refractivity contribution is 5.77.